The molecule has 0 aliphatic carbocycles. The van der Waals surface area contributed by atoms with Crippen LogP contribution in [0.2, 0.25) is 0 Å². The highest BCUT2D eigenvalue weighted by molar-refractivity contribution is 9.11. The summed E-state index contributed by atoms with van der Waals surface area (Å²) in [5.74, 6) is 1.37. The van der Waals surface area contributed by atoms with Crippen LogP contribution in [-0.4, -0.2) is 16.4 Å². The van der Waals surface area contributed by atoms with E-state index in [2.05, 4.69) is 56.0 Å². The van der Waals surface area contributed by atoms with E-state index >= 15 is 0 Å². The molecule has 1 aromatic heterocycles. The molecule has 0 aromatic carbocycles. The maximum Gasteiger partial charge on any atom is 0.140 e. The molecule has 1 heterocycles. The van der Waals surface area contributed by atoms with Gasteiger partial charge in [0.1, 0.15) is 5.82 Å². The van der Waals surface area contributed by atoms with Crippen molar-refractivity contribution >= 4 is 49.3 Å². The molecule has 0 saturated carbocycles. The standard InChI is InChI=1S/C10H13Br2ClN2/c1-3-10(2,6-13)15-9-8(12)4-7(11)5-14-9/h4-5H,3,6H2,1-2H3,(H,14,15). The molecule has 1 unspecified atom stereocenters. The number of nitrogens with zero attached hydrogens (tertiary/aromatic N) is 1. The largest absolute Gasteiger partial charge is 0.363 e. The minimum Gasteiger partial charge on any atom is -0.363 e. The van der Waals surface area contributed by atoms with E-state index in [9.17, 15) is 0 Å². The van der Waals surface area contributed by atoms with Gasteiger partial charge >= 0.3 is 0 Å². The molecular weight excluding hydrogens is 343 g/mol. The van der Waals surface area contributed by atoms with Crippen molar-refractivity contribution in [3.63, 3.8) is 0 Å². The van der Waals surface area contributed by atoms with Gasteiger partial charge in [0.05, 0.1) is 4.47 Å². The Labute approximate surface area is 112 Å². The molecule has 1 atom stereocenters. The zero-order valence-corrected chi connectivity index (χ0v) is 12.6. The van der Waals surface area contributed by atoms with E-state index < -0.39 is 0 Å². The molecule has 2 nitrogen and oxygen atoms in total. The molecule has 0 spiro atoms. The highest BCUT2D eigenvalue weighted by Gasteiger charge is 2.21. The molecule has 0 saturated heterocycles. The van der Waals surface area contributed by atoms with Crippen molar-refractivity contribution in [3.8, 4) is 0 Å². The lowest BCUT2D eigenvalue weighted by Gasteiger charge is -2.28. The number of halogens is 3. The molecule has 0 aliphatic heterocycles. The van der Waals surface area contributed by atoms with E-state index in [0.29, 0.717) is 5.88 Å². The van der Waals surface area contributed by atoms with Gasteiger partial charge in [0.2, 0.25) is 0 Å². The van der Waals surface area contributed by atoms with E-state index in [-0.39, 0.29) is 5.54 Å². The highest BCUT2D eigenvalue weighted by atomic mass is 79.9. The first-order chi connectivity index (χ1) is 7.00. The lowest BCUT2D eigenvalue weighted by Crippen LogP contribution is -2.36. The lowest BCUT2D eigenvalue weighted by atomic mass is 10.0. The Morgan fingerprint density at radius 3 is 2.67 bits per heavy atom. The highest BCUT2D eigenvalue weighted by Crippen LogP contribution is 2.27. The summed E-state index contributed by atoms with van der Waals surface area (Å²) in [5.41, 5.74) is -0.120. The van der Waals surface area contributed by atoms with E-state index in [1.54, 1.807) is 6.20 Å². The van der Waals surface area contributed by atoms with Crippen LogP contribution in [0.25, 0.3) is 0 Å². The normalized spacial score (nSPS) is 14.7. The van der Waals surface area contributed by atoms with Crippen LogP contribution in [0.1, 0.15) is 20.3 Å². The van der Waals surface area contributed by atoms with E-state index in [4.69, 9.17) is 11.6 Å². The summed E-state index contributed by atoms with van der Waals surface area (Å²) in [6.07, 6.45) is 2.71. The van der Waals surface area contributed by atoms with Crippen LogP contribution in [0.3, 0.4) is 0 Å². The van der Waals surface area contributed by atoms with Crippen molar-refractivity contribution in [2.45, 2.75) is 25.8 Å². The zero-order chi connectivity index (χ0) is 11.5. The second-order valence-electron chi connectivity index (χ2n) is 3.66. The molecule has 0 fully saturated rings. The second-order valence-corrected chi connectivity index (χ2v) is 5.69. The van der Waals surface area contributed by atoms with Gasteiger partial charge in [-0.25, -0.2) is 4.98 Å². The van der Waals surface area contributed by atoms with Crippen molar-refractivity contribution in [2.24, 2.45) is 0 Å². The zero-order valence-electron chi connectivity index (χ0n) is 8.65. The van der Waals surface area contributed by atoms with Gasteiger partial charge in [-0.3, -0.25) is 0 Å². The number of aromatic nitrogens is 1. The van der Waals surface area contributed by atoms with Gasteiger partial charge in [-0.2, -0.15) is 0 Å². The van der Waals surface area contributed by atoms with Gasteiger partial charge in [0, 0.05) is 22.1 Å². The van der Waals surface area contributed by atoms with Gasteiger partial charge in [0.15, 0.2) is 0 Å². The van der Waals surface area contributed by atoms with E-state index in [1.165, 1.54) is 0 Å². The monoisotopic (exact) mass is 354 g/mol. The van der Waals surface area contributed by atoms with E-state index in [0.717, 1.165) is 21.2 Å². The van der Waals surface area contributed by atoms with Crippen molar-refractivity contribution in [3.05, 3.63) is 21.2 Å². The molecule has 1 rings (SSSR count). The number of pyridine rings is 1. The fourth-order valence-electron chi connectivity index (χ4n) is 1.01. The predicted molar refractivity (Wildman–Crippen MR) is 72.7 cm³/mol. The van der Waals surface area contributed by atoms with Gasteiger partial charge in [-0.05, 0) is 51.3 Å². The van der Waals surface area contributed by atoms with Crippen LogP contribution >= 0.6 is 43.5 Å². The summed E-state index contributed by atoms with van der Waals surface area (Å²) in [7, 11) is 0. The summed E-state index contributed by atoms with van der Waals surface area (Å²) in [5, 5.41) is 3.34. The molecule has 1 aromatic rings. The van der Waals surface area contributed by atoms with Crippen LogP contribution in [0.5, 0.6) is 0 Å². The second kappa shape index (κ2) is 5.51. The summed E-state index contributed by atoms with van der Waals surface area (Å²) < 4.78 is 1.88. The molecule has 0 radical (unpaired) electrons. The Balaban J connectivity index is 2.89. The van der Waals surface area contributed by atoms with Crippen LogP contribution in [0, 0.1) is 0 Å². The van der Waals surface area contributed by atoms with Crippen LogP contribution in [0.4, 0.5) is 5.82 Å². The third-order valence-electron chi connectivity index (χ3n) is 2.30. The van der Waals surface area contributed by atoms with E-state index in [1.807, 2.05) is 6.07 Å². The number of anilines is 1. The van der Waals surface area contributed by atoms with Crippen LogP contribution in [0.15, 0.2) is 21.2 Å². The van der Waals surface area contributed by atoms with Crippen molar-refractivity contribution in [1.82, 2.24) is 4.98 Å². The molecule has 5 heteroatoms. The quantitative estimate of drug-likeness (QED) is 0.808. The first-order valence-corrected chi connectivity index (χ1v) is 6.78. The summed E-state index contributed by atoms with van der Waals surface area (Å²) in [6, 6.07) is 1.96. The van der Waals surface area contributed by atoms with Crippen molar-refractivity contribution in [2.75, 3.05) is 11.2 Å². The van der Waals surface area contributed by atoms with Crippen molar-refractivity contribution < 1.29 is 0 Å². The Hall–Kier alpha value is 0.200. The molecule has 1 N–H and O–H groups in total. The van der Waals surface area contributed by atoms with Crippen LogP contribution < -0.4 is 5.32 Å². The average Bonchev–Trinajstić information content (AvgIpc) is 2.22. The molecule has 84 valence electrons. The third kappa shape index (κ3) is 3.61. The minimum absolute atomic E-state index is 0.120. The number of rotatable bonds is 4. The Morgan fingerprint density at radius 1 is 1.53 bits per heavy atom. The summed E-state index contributed by atoms with van der Waals surface area (Å²) in [6.45, 7) is 4.18. The predicted octanol–water partition coefficient (Wildman–Crippen LogP) is 4.43. The fraction of sp³-hybridized carbons (Fsp3) is 0.500. The summed E-state index contributed by atoms with van der Waals surface area (Å²) in [4.78, 5) is 4.30. The lowest BCUT2D eigenvalue weighted by molar-refractivity contribution is 0.551. The van der Waals surface area contributed by atoms with Crippen LogP contribution in [-0.2, 0) is 0 Å². The minimum atomic E-state index is -0.120. The summed E-state index contributed by atoms with van der Waals surface area (Å²) >= 11 is 12.8. The van der Waals surface area contributed by atoms with Crippen molar-refractivity contribution in [1.29, 1.82) is 0 Å². The third-order valence-corrected chi connectivity index (χ3v) is 3.93. The molecule has 0 bridgehead atoms. The first kappa shape index (κ1) is 13.3. The number of nitrogens with one attached hydrogen (secondary N) is 1. The number of hydrogen-bond donors (Lipinski definition) is 1. The Kier molecular flexibility index (Phi) is 4.87. The maximum atomic E-state index is 5.93. The van der Waals surface area contributed by atoms with Gasteiger partial charge in [-0.15, -0.1) is 11.6 Å². The number of alkyl halides is 1. The van der Waals surface area contributed by atoms with Gasteiger partial charge < -0.3 is 5.32 Å². The Bertz CT molecular complexity index is 340. The SMILES string of the molecule is CCC(C)(CCl)Nc1ncc(Br)cc1Br. The van der Waals surface area contributed by atoms with Gasteiger partial charge in [-0.1, -0.05) is 6.92 Å². The van der Waals surface area contributed by atoms with Gasteiger partial charge in [0.25, 0.3) is 0 Å². The fourth-order valence-corrected chi connectivity index (χ4v) is 2.35. The molecular formula is C10H13Br2ClN2. The topological polar surface area (TPSA) is 24.9 Å². The smallest absolute Gasteiger partial charge is 0.140 e. The first-order valence-electron chi connectivity index (χ1n) is 4.66. The molecule has 0 aliphatic rings. The molecule has 0 amide bonds. The Morgan fingerprint density at radius 2 is 2.20 bits per heavy atom. The maximum absolute atomic E-state index is 5.93. The average molecular weight is 356 g/mol. The molecule has 15 heavy (non-hydrogen) atoms. The number of hydrogen-bond acceptors (Lipinski definition) is 2.